The van der Waals surface area contributed by atoms with Gasteiger partial charge in [0.1, 0.15) is 11.5 Å². The van der Waals surface area contributed by atoms with E-state index >= 15 is 0 Å². The Balaban J connectivity index is 1.98. The second-order valence-electron chi connectivity index (χ2n) is 7.46. The van der Waals surface area contributed by atoms with Crippen LogP contribution in [-0.4, -0.2) is 61.0 Å². The van der Waals surface area contributed by atoms with Crippen molar-refractivity contribution >= 4 is 17.3 Å². The van der Waals surface area contributed by atoms with Crippen LogP contribution in [0.15, 0.2) is 84.4 Å². The van der Waals surface area contributed by atoms with Gasteiger partial charge in [-0.15, -0.1) is 0 Å². The molecule has 1 aromatic rings. The summed E-state index contributed by atoms with van der Waals surface area (Å²) in [5.74, 6) is 0.975. The van der Waals surface area contributed by atoms with Crippen LogP contribution in [0.3, 0.4) is 0 Å². The van der Waals surface area contributed by atoms with Crippen molar-refractivity contribution < 1.29 is 4.74 Å². The molecule has 0 bridgehead atoms. The fourth-order valence-corrected chi connectivity index (χ4v) is 3.16. The molecule has 1 saturated heterocycles. The van der Waals surface area contributed by atoms with Gasteiger partial charge < -0.3 is 25.2 Å². The summed E-state index contributed by atoms with van der Waals surface area (Å²) in [6.45, 7) is 14.0. The lowest BCUT2D eigenvalue weighted by molar-refractivity contribution is 0.190. The normalized spacial score (nSPS) is 17.1. The average molecular weight is 429 g/mol. The van der Waals surface area contributed by atoms with Crippen molar-refractivity contribution in [3.63, 3.8) is 0 Å². The number of hydrogen-bond donors (Lipinski definition) is 1. The van der Waals surface area contributed by atoms with Crippen LogP contribution in [0.5, 0.6) is 5.75 Å². The molecule has 6 heteroatoms. The van der Waals surface area contributed by atoms with E-state index in [0.29, 0.717) is 22.2 Å². The summed E-state index contributed by atoms with van der Waals surface area (Å²) in [5.41, 5.74) is 7.58. The van der Waals surface area contributed by atoms with Gasteiger partial charge >= 0.3 is 0 Å². The molecule has 1 unspecified atom stereocenters. The van der Waals surface area contributed by atoms with Gasteiger partial charge in [-0.05, 0) is 38.3 Å². The standard InChI is InChI=1S/C24H33ClN4O/c1-6-8-22(29-15-13-27(4)14-16-29)12-11-19(2)28(5)18-24(25)20(3)30-23-10-7-9-21(26)17-23/h6-12,17-19H,1,3,13-16,26H2,2,4-5H3/b12-11-,22-8+,24-18+. The van der Waals surface area contributed by atoms with Crippen LogP contribution in [-0.2, 0) is 0 Å². The number of ether oxygens (including phenoxy) is 1. The quantitative estimate of drug-likeness (QED) is 0.358. The van der Waals surface area contributed by atoms with Crippen molar-refractivity contribution in [1.82, 2.24) is 14.7 Å². The van der Waals surface area contributed by atoms with Crippen LogP contribution >= 0.6 is 11.6 Å². The fourth-order valence-electron chi connectivity index (χ4n) is 2.96. The van der Waals surface area contributed by atoms with E-state index in [1.807, 2.05) is 36.4 Å². The van der Waals surface area contributed by atoms with Gasteiger partial charge in [0.05, 0.1) is 5.03 Å². The number of likely N-dealkylation sites (N-methyl/N-ethyl adjacent to an activating group) is 2. The highest BCUT2D eigenvalue weighted by Gasteiger charge is 2.15. The third-order valence-electron chi connectivity index (χ3n) is 5.03. The Morgan fingerprint density at radius 3 is 2.63 bits per heavy atom. The van der Waals surface area contributed by atoms with Crippen LogP contribution in [0.1, 0.15) is 6.92 Å². The van der Waals surface area contributed by atoms with Crippen LogP contribution in [0, 0.1) is 0 Å². The van der Waals surface area contributed by atoms with Crippen molar-refractivity contribution in [2.75, 3.05) is 46.0 Å². The molecule has 1 aliphatic heterocycles. The molecule has 2 N–H and O–H groups in total. The minimum Gasteiger partial charge on any atom is -0.456 e. The molecular formula is C24H33ClN4O. The number of anilines is 1. The Hall–Kier alpha value is -2.63. The number of nitrogens with zero attached hydrogens (tertiary/aromatic N) is 3. The van der Waals surface area contributed by atoms with Gasteiger partial charge in [-0.3, -0.25) is 0 Å². The Morgan fingerprint density at radius 1 is 1.30 bits per heavy atom. The van der Waals surface area contributed by atoms with Gasteiger partial charge in [0.2, 0.25) is 0 Å². The van der Waals surface area contributed by atoms with E-state index in [1.54, 1.807) is 12.1 Å². The maximum Gasteiger partial charge on any atom is 0.140 e. The molecule has 1 heterocycles. The van der Waals surface area contributed by atoms with Gasteiger partial charge in [-0.1, -0.05) is 43.0 Å². The van der Waals surface area contributed by atoms with Crippen molar-refractivity contribution in [1.29, 1.82) is 0 Å². The van der Waals surface area contributed by atoms with Gasteiger partial charge in [0.25, 0.3) is 0 Å². The third-order valence-corrected chi connectivity index (χ3v) is 5.34. The van der Waals surface area contributed by atoms with Crippen molar-refractivity contribution in [3.05, 3.63) is 84.4 Å². The zero-order chi connectivity index (χ0) is 22.1. The predicted octanol–water partition coefficient (Wildman–Crippen LogP) is 4.44. The number of nitrogens with two attached hydrogens (primary N) is 1. The highest BCUT2D eigenvalue weighted by atomic mass is 35.5. The average Bonchev–Trinajstić information content (AvgIpc) is 2.71. The molecule has 30 heavy (non-hydrogen) atoms. The molecule has 0 radical (unpaired) electrons. The van der Waals surface area contributed by atoms with Crippen molar-refractivity contribution in [2.45, 2.75) is 13.0 Å². The molecule has 0 aromatic heterocycles. The van der Waals surface area contributed by atoms with Crippen LogP contribution in [0.2, 0.25) is 0 Å². The largest absolute Gasteiger partial charge is 0.456 e. The molecule has 5 nitrogen and oxygen atoms in total. The van der Waals surface area contributed by atoms with Gasteiger partial charge in [-0.25, -0.2) is 0 Å². The Morgan fingerprint density at radius 2 is 2.00 bits per heavy atom. The van der Waals surface area contributed by atoms with Gasteiger partial charge in [-0.2, -0.15) is 0 Å². The molecule has 1 atom stereocenters. The molecule has 1 aliphatic rings. The highest BCUT2D eigenvalue weighted by molar-refractivity contribution is 6.31. The summed E-state index contributed by atoms with van der Waals surface area (Å²) < 4.78 is 5.71. The Labute approximate surface area is 186 Å². The van der Waals surface area contributed by atoms with Crippen LogP contribution < -0.4 is 10.5 Å². The topological polar surface area (TPSA) is 45.0 Å². The molecule has 1 aromatic carbocycles. The number of benzene rings is 1. The summed E-state index contributed by atoms with van der Waals surface area (Å²) in [5, 5.41) is 0.432. The van der Waals surface area contributed by atoms with Crippen molar-refractivity contribution in [3.8, 4) is 5.75 Å². The first-order chi connectivity index (χ1) is 14.3. The molecular weight excluding hydrogens is 396 g/mol. The smallest absolute Gasteiger partial charge is 0.140 e. The monoisotopic (exact) mass is 428 g/mol. The van der Waals surface area contributed by atoms with E-state index in [4.69, 9.17) is 22.1 Å². The van der Waals surface area contributed by atoms with Crippen LogP contribution in [0.4, 0.5) is 5.69 Å². The Bertz CT molecular complexity index is 822. The highest BCUT2D eigenvalue weighted by Crippen LogP contribution is 2.22. The second kappa shape index (κ2) is 11.5. The summed E-state index contributed by atoms with van der Waals surface area (Å²) in [6, 6.07) is 7.29. The molecule has 1 fully saturated rings. The SMILES string of the molecule is C=C/C=C(\C=C/C(C)N(C)/C=C(/Cl)C(=C)Oc1cccc(N)c1)N1CCN(C)CC1. The summed E-state index contributed by atoms with van der Waals surface area (Å²) in [7, 11) is 4.12. The van der Waals surface area contributed by atoms with E-state index in [2.05, 4.69) is 55.2 Å². The molecule has 0 aliphatic carbocycles. The Kier molecular flexibility index (Phi) is 9.09. The van der Waals surface area contributed by atoms with Gasteiger partial charge in [0.15, 0.2) is 0 Å². The lowest BCUT2D eigenvalue weighted by Gasteiger charge is -2.34. The minimum absolute atomic E-state index is 0.125. The van der Waals surface area contributed by atoms with E-state index < -0.39 is 0 Å². The van der Waals surface area contributed by atoms with E-state index in [0.717, 1.165) is 26.2 Å². The maximum absolute atomic E-state index is 6.41. The summed E-state index contributed by atoms with van der Waals surface area (Å²) in [6.07, 6.45) is 10.0. The zero-order valence-corrected chi connectivity index (χ0v) is 19.0. The molecule has 2 rings (SSSR count). The number of halogens is 1. The van der Waals surface area contributed by atoms with Crippen LogP contribution in [0.25, 0.3) is 0 Å². The summed E-state index contributed by atoms with van der Waals surface area (Å²) >= 11 is 6.41. The molecule has 0 saturated carbocycles. The number of rotatable bonds is 9. The third kappa shape index (κ3) is 7.32. The summed E-state index contributed by atoms with van der Waals surface area (Å²) in [4.78, 5) is 6.74. The number of allylic oxidation sites excluding steroid dienone is 4. The maximum atomic E-state index is 6.41. The first-order valence-electron chi connectivity index (χ1n) is 10.1. The fraction of sp³-hybridized carbons (Fsp3) is 0.333. The number of piperazine rings is 1. The molecule has 0 amide bonds. The molecule has 162 valence electrons. The lowest BCUT2D eigenvalue weighted by Crippen LogP contribution is -2.43. The van der Waals surface area contributed by atoms with E-state index in [-0.39, 0.29) is 6.04 Å². The minimum atomic E-state index is 0.125. The molecule has 0 spiro atoms. The number of nitrogen functional groups attached to an aromatic ring is 1. The van der Waals surface area contributed by atoms with Crippen molar-refractivity contribution in [2.24, 2.45) is 0 Å². The van der Waals surface area contributed by atoms with Gasteiger partial charge in [0, 0.05) is 62.9 Å². The first-order valence-corrected chi connectivity index (χ1v) is 10.4. The predicted molar refractivity (Wildman–Crippen MR) is 128 cm³/mol. The second-order valence-corrected chi connectivity index (χ2v) is 7.86. The first kappa shape index (κ1) is 23.6. The van der Waals surface area contributed by atoms with E-state index in [9.17, 15) is 0 Å². The van der Waals surface area contributed by atoms with E-state index in [1.165, 1.54) is 5.70 Å². The zero-order valence-electron chi connectivity index (χ0n) is 18.2. The number of hydrogen-bond acceptors (Lipinski definition) is 5. The lowest BCUT2D eigenvalue weighted by atomic mass is 10.2.